The molecule has 0 aliphatic rings. The molecule has 20 heavy (non-hydrogen) atoms. The molecule has 0 aliphatic carbocycles. The van der Waals surface area contributed by atoms with Crippen LogP contribution in [0.15, 0.2) is 48.5 Å². The van der Waals surface area contributed by atoms with Gasteiger partial charge in [-0.1, -0.05) is 18.2 Å². The summed E-state index contributed by atoms with van der Waals surface area (Å²) in [5.41, 5.74) is 10.3. The summed E-state index contributed by atoms with van der Waals surface area (Å²) in [6.07, 6.45) is 0. The minimum absolute atomic E-state index is 0.0772. The first kappa shape index (κ1) is 12.3. The van der Waals surface area contributed by atoms with E-state index in [0.29, 0.717) is 0 Å². The largest absolute Gasteiger partial charge is 0.399 e. The Morgan fingerprint density at radius 3 is 2.80 bits per heavy atom. The van der Waals surface area contributed by atoms with Crippen molar-refractivity contribution in [1.29, 1.82) is 0 Å². The fourth-order valence-corrected chi connectivity index (χ4v) is 2.27. The zero-order valence-electron chi connectivity index (χ0n) is 11.1. The maximum atomic E-state index is 11.1. The number of anilines is 2. The number of nitrogen functional groups attached to an aromatic ring is 1. The lowest BCUT2D eigenvalue weighted by Gasteiger charge is -2.04. The van der Waals surface area contributed by atoms with Gasteiger partial charge in [0.1, 0.15) is 0 Å². The standard InChI is InChI=1S/C16H15N3O/c1-10(20)18-14-4-2-3-11(7-14)15-8-12-5-6-13(17)9-16(12)19-15/h2-9,19H,17H2,1H3,(H,18,20). The number of amides is 1. The Balaban J connectivity index is 2.03. The van der Waals surface area contributed by atoms with Gasteiger partial charge in [-0.25, -0.2) is 0 Å². The highest BCUT2D eigenvalue weighted by Crippen LogP contribution is 2.27. The first-order valence-corrected chi connectivity index (χ1v) is 6.38. The van der Waals surface area contributed by atoms with Crippen LogP contribution < -0.4 is 11.1 Å². The number of hydrogen-bond acceptors (Lipinski definition) is 2. The molecule has 1 heterocycles. The molecule has 0 aliphatic heterocycles. The molecule has 4 nitrogen and oxygen atoms in total. The van der Waals surface area contributed by atoms with Crippen molar-refractivity contribution in [1.82, 2.24) is 4.98 Å². The first-order valence-electron chi connectivity index (χ1n) is 6.38. The molecule has 4 heteroatoms. The molecule has 1 aromatic heterocycles. The van der Waals surface area contributed by atoms with Crippen LogP contribution in [0.3, 0.4) is 0 Å². The van der Waals surface area contributed by atoms with Crippen molar-refractivity contribution in [2.45, 2.75) is 6.92 Å². The van der Waals surface area contributed by atoms with E-state index in [-0.39, 0.29) is 5.91 Å². The third kappa shape index (κ3) is 2.36. The van der Waals surface area contributed by atoms with Gasteiger partial charge < -0.3 is 16.0 Å². The normalized spacial score (nSPS) is 10.7. The topological polar surface area (TPSA) is 70.9 Å². The SMILES string of the molecule is CC(=O)Nc1cccc(-c2cc3ccc(N)cc3[nH]2)c1. The molecule has 3 rings (SSSR count). The smallest absolute Gasteiger partial charge is 0.221 e. The zero-order valence-corrected chi connectivity index (χ0v) is 11.1. The van der Waals surface area contributed by atoms with Crippen LogP contribution in [0.2, 0.25) is 0 Å². The van der Waals surface area contributed by atoms with Crippen molar-refractivity contribution in [3.05, 3.63) is 48.5 Å². The second-order valence-electron chi connectivity index (χ2n) is 4.79. The van der Waals surface area contributed by atoms with Gasteiger partial charge in [0.2, 0.25) is 5.91 Å². The van der Waals surface area contributed by atoms with Crippen LogP contribution in [-0.2, 0) is 4.79 Å². The summed E-state index contributed by atoms with van der Waals surface area (Å²) < 4.78 is 0. The van der Waals surface area contributed by atoms with Gasteiger partial charge in [-0.2, -0.15) is 0 Å². The fraction of sp³-hybridized carbons (Fsp3) is 0.0625. The number of benzene rings is 2. The highest BCUT2D eigenvalue weighted by Gasteiger charge is 2.05. The molecule has 0 bridgehead atoms. The Kier molecular flexibility index (Phi) is 2.91. The Bertz CT molecular complexity index is 789. The van der Waals surface area contributed by atoms with Crippen LogP contribution >= 0.6 is 0 Å². The maximum absolute atomic E-state index is 11.1. The maximum Gasteiger partial charge on any atom is 0.221 e. The number of aromatic nitrogens is 1. The molecular formula is C16H15N3O. The molecular weight excluding hydrogens is 250 g/mol. The predicted octanol–water partition coefficient (Wildman–Crippen LogP) is 3.38. The Labute approximate surface area is 116 Å². The van der Waals surface area contributed by atoms with Crippen molar-refractivity contribution in [3.63, 3.8) is 0 Å². The number of carbonyl (C=O) groups is 1. The Hall–Kier alpha value is -2.75. The van der Waals surface area contributed by atoms with E-state index in [4.69, 9.17) is 5.73 Å². The van der Waals surface area contributed by atoms with Gasteiger partial charge in [-0.3, -0.25) is 4.79 Å². The molecule has 0 saturated carbocycles. The third-order valence-corrected chi connectivity index (χ3v) is 3.14. The van der Waals surface area contributed by atoms with Crippen LogP contribution in [0.4, 0.5) is 11.4 Å². The lowest BCUT2D eigenvalue weighted by atomic mass is 10.1. The van der Waals surface area contributed by atoms with Crippen LogP contribution in [-0.4, -0.2) is 10.9 Å². The Morgan fingerprint density at radius 2 is 2.00 bits per heavy atom. The number of rotatable bonds is 2. The van der Waals surface area contributed by atoms with E-state index in [0.717, 1.165) is 33.5 Å². The summed E-state index contributed by atoms with van der Waals surface area (Å²) in [5, 5.41) is 3.90. The lowest BCUT2D eigenvalue weighted by molar-refractivity contribution is -0.114. The molecule has 0 radical (unpaired) electrons. The van der Waals surface area contributed by atoms with Crippen molar-refractivity contribution < 1.29 is 4.79 Å². The minimum Gasteiger partial charge on any atom is -0.399 e. The van der Waals surface area contributed by atoms with Gasteiger partial charge in [0.15, 0.2) is 0 Å². The van der Waals surface area contributed by atoms with Crippen molar-refractivity contribution in [2.24, 2.45) is 0 Å². The average molecular weight is 265 g/mol. The molecule has 2 aromatic carbocycles. The molecule has 0 unspecified atom stereocenters. The number of aromatic amines is 1. The van der Waals surface area contributed by atoms with E-state index in [2.05, 4.69) is 16.4 Å². The quantitative estimate of drug-likeness (QED) is 0.622. The van der Waals surface area contributed by atoms with E-state index in [1.807, 2.05) is 42.5 Å². The zero-order chi connectivity index (χ0) is 14.1. The third-order valence-electron chi connectivity index (χ3n) is 3.14. The molecule has 1 amide bonds. The monoisotopic (exact) mass is 265 g/mol. The van der Waals surface area contributed by atoms with Crippen molar-refractivity contribution >= 4 is 28.2 Å². The van der Waals surface area contributed by atoms with Crippen LogP contribution in [0.5, 0.6) is 0 Å². The molecule has 0 saturated heterocycles. The lowest BCUT2D eigenvalue weighted by Crippen LogP contribution is -2.05. The first-order chi connectivity index (χ1) is 9.61. The number of hydrogen-bond donors (Lipinski definition) is 3. The average Bonchev–Trinajstić information content (AvgIpc) is 2.81. The second-order valence-corrected chi connectivity index (χ2v) is 4.79. The van der Waals surface area contributed by atoms with E-state index in [1.165, 1.54) is 6.92 Å². The number of nitrogens with one attached hydrogen (secondary N) is 2. The molecule has 0 fully saturated rings. The van der Waals surface area contributed by atoms with E-state index in [9.17, 15) is 4.79 Å². The summed E-state index contributed by atoms with van der Waals surface area (Å²) in [4.78, 5) is 14.4. The molecule has 3 aromatic rings. The molecule has 0 spiro atoms. The summed E-state index contributed by atoms with van der Waals surface area (Å²) in [7, 11) is 0. The van der Waals surface area contributed by atoms with Gasteiger partial charge in [-0.05, 0) is 30.3 Å². The molecule has 0 atom stereocenters. The van der Waals surface area contributed by atoms with E-state index in [1.54, 1.807) is 0 Å². The van der Waals surface area contributed by atoms with Gasteiger partial charge in [0.05, 0.1) is 0 Å². The summed E-state index contributed by atoms with van der Waals surface area (Å²) in [6, 6.07) is 15.6. The van der Waals surface area contributed by atoms with Crippen LogP contribution in [0.1, 0.15) is 6.92 Å². The van der Waals surface area contributed by atoms with Crippen LogP contribution in [0.25, 0.3) is 22.2 Å². The van der Waals surface area contributed by atoms with Gasteiger partial charge in [-0.15, -0.1) is 0 Å². The number of nitrogens with two attached hydrogens (primary N) is 1. The number of H-pyrrole nitrogens is 1. The van der Waals surface area contributed by atoms with E-state index >= 15 is 0 Å². The predicted molar refractivity (Wildman–Crippen MR) is 82.5 cm³/mol. The van der Waals surface area contributed by atoms with Crippen LogP contribution in [0, 0.1) is 0 Å². The number of fused-ring (bicyclic) bond motifs is 1. The molecule has 100 valence electrons. The van der Waals surface area contributed by atoms with Gasteiger partial charge in [0, 0.05) is 40.5 Å². The highest BCUT2D eigenvalue weighted by molar-refractivity contribution is 5.91. The van der Waals surface area contributed by atoms with Crippen molar-refractivity contribution in [2.75, 3.05) is 11.1 Å². The summed E-state index contributed by atoms with van der Waals surface area (Å²) >= 11 is 0. The van der Waals surface area contributed by atoms with Gasteiger partial charge in [0.25, 0.3) is 0 Å². The highest BCUT2D eigenvalue weighted by atomic mass is 16.1. The summed E-state index contributed by atoms with van der Waals surface area (Å²) in [6.45, 7) is 1.50. The fourth-order valence-electron chi connectivity index (χ4n) is 2.27. The van der Waals surface area contributed by atoms with Crippen molar-refractivity contribution in [3.8, 4) is 11.3 Å². The minimum atomic E-state index is -0.0772. The summed E-state index contributed by atoms with van der Waals surface area (Å²) in [5.74, 6) is -0.0772. The van der Waals surface area contributed by atoms with Gasteiger partial charge >= 0.3 is 0 Å². The number of carbonyl (C=O) groups excluding carboxylic acids is 1. The Morgan fingerprint density at radius 1 is 1.15 bits per heavy atom. The van der Waals surface area contributed by atoms with E-state index < -0.39 is 0 Å². The molecule has 4 N–H and O–H groups in total. The second kappa shape index (κ2) is 4.74.